The van der Waals surface area contributed by atoms with E-state index in [0.29, 0.717) is 6.07 Å². The highest BCUT2D eigenvalue weighted by atomic mass is 19.4. The van der Waals surface area contributed by atoms with Crippen LogP contribution in [0.4, 0.5) is 31.1 Å². The maximum atomic E-state index is 14.7. The highest BCUT2D eigenvalue weighted by Gasteiger charge is 2.56. The summed E-state index contributed by atoms with van der Waals surface area (Å²) in [5.41, 5.74) is -0.521. The molecule has 2 amide bonds. The minimum Gasteiger partial charge on any atom is -0.467 e. The van der Waals surface area contributed by atoms with Gasteiger partial charge in [-0.05, 0) is 18.1 Å². The molecule has 1 fully saturated rings. The molecule has 53 heavy (non-hydrogen) atoms. The van der Waals surface area contributed by atoms with E-state index in [0.717, 1.165) is 37.3 Å². The van der Waals surface area contributed by atoms with Crippen molar-refractivity contribution in [3.05, 3.63) is 46.8 Å². The maximum Gasteiger partial charge on any atom is 0.451 e. The Kier molecular flexibility index (Phi) is 12.5. The Morgan fingerprint density at radius 1 is 0.868 bits per heavy atom. The van der Waals surface area contributed by atoms with Gasteiger partial charge in [-0.1, -0.05) is 0 Å². The molecular formula is C30H31F6N5O12. The molecule has 2 aromatic rings. The average Bonchev–Trinajstić information content (AvgIpc) is 3.49. The lowest BCUT2D eigenvalue weighted by molar-refractivity contribution is -0.288. The number of hydrogen-bond donors (Lipinski definition) is 1. The number of fused-ring (bicyclic) bond motifs is 1. The number of rotatable bonds is 10. The molecular weight excluding hydrogens is 736 g/mol. The van der Waals surface area contributed by atoms with Gasteiger partial charge in [0.2, 0.25) is 24.1 Å². The van der Waals surface area contributed by atoms with Gasteiger partial charge in [-0.15, -0.1) is 10.2 Å². The number of nitrogens with zero attached hydrogens (tertiary/aromatic N) is 4. The molecule has 17 nitrogen and oxygen atoms in total. The van der Waals surface area contributed by atoms with Crippen LogP contribution in [0.25, 0.3) is 0 Å². The van der Waals surface area contributed by atoms with Crippen molar-refractivity contribution in [1.82, 2.24) is 25.0 Å². The van der Waals surface area contributed by atoms with Crippen molar-refractivity contribution in [3.8, 4) is 0 Å². The molecule has 0 bridgehead atoms. The molecule has 0 unspecified atom stereocenters. The topological polar surface area (TPSA) is 204 Å². The number of hydrogen-bond acceptors (Lipinski definition) is 14. The van der Waals surface area contributed by atoms with Crippen molar-refractivity contribution < 1.29 is 83.5 Å². The summed E-state index contributed by atoms with van der Waals surface area (Å²) in [6, 6.07) is -0.832. The van der Waals surface area contributed by atoms with Crippen LogP contribution in [0.15, 0.2) is 12.1 Å². The number of aromatic nitrogens is 3. The number of alkyl carbamates (subject to hydrolysis) is 1. The van der Waals surface area contributed by atoms with Crippen LogP contribution >= 0.6 is 0 Å². The zero-order chi connectivity index (χ0) is 39.4. The zero-order valence-electron chi connectivity index (χ0n) is 28.1. The van der Waals surface area contributed by atoms with Crippen LogP contribution in [0.3, 0.4) is 0 Å². The van der Waals surface area contributed by atoms with E-state index in [2.05, 4.69) is 20.3 Å². The average molecular weight is 768 g/mol. The van der Waals surface area contributed by atoms with Crippen molar-refractivity contribution in [2.24, 2.45) is 0 Å². The minimum absolute atomic E-state index is 0.215. The standard InChI is InChI=1S/C30H31F6N5O12/c1-12(42)49-22-23(50-13(2)43)25(51-14(3)44)27(52-24(22)26(46)48-4)53-29(47)37-16(7-15-8-18(32)19(33)10-17(15)31)9-21(45)40-5-6-41-20(11-40)38-39-28(41)30(34,35)36/h8,10,16,22-25,27H,5-7,9,11H2,1-4H3,(H,37,47)/t16-,22+,23+,24+,25-,27+/m1/s1. The first kappa shape index (κ1) is 40.3. The van der Waals surface area contributed by atoms with E-state index in [1.54, 1.807) is 0 Å². The van der Waals surface area contributed by atoms with Gasteiger partial charge in [0.15, 0.2) is 35.8 Å². The lowest BCUT2D eigenvalue weighted by Crippen LogP contribution is -2.64. The number of carbonyl (C=O) groups excluding carboxylic acids is 6. The fourth-order valence-corrected chi connectivity index (χ4v) is 5.56. The molecule has 3 heterocycles. The molecule has 0 aliphatic carbocycles. The van der Waals surface area contributed by atoms with Crippen molar-refractivity contribution in [1.29, 1.82) is 0 Å². The van der Waals surface area contributed by atoms with Crippen LogP contribution in [-0.2, 0) is 78.1 Å². The van der Waals surface area contributed by atoms with E-state index in [1.165, 1.54) is 0 Å². The van der Waals surface area contributed by atoms with E-state index >= 15 is 0 Å². The van der Waals surface area contributed by atoms with Crippen LogP contribution in [0.2, 0.25) is 0 Å². The van der Waals surface area contributed by atoms with Gasteiger partial charge in [0.1, 0.15) is 5.82 Å². The minimum atomic E-state index is -4.83. The van der Waals surface area contributed by atoms with E-state index in [9.17, 15) is 55.1 Å². The highest BCUT2D eigenvalue weighted by Crippen LogP contribution is 2.31. The first-order valence-corrected chi connectivity index (χ1v) is 15.4. The summed E-state index contributed by atoms with van der Waals surface area (Å²) in [5, 5.41) is 8.83. The van der Waals surface area contributed by atoms with Crippen molar-refractivity contribution >= 4 is 35.9 Å². The quantitative estimate of drug-likeness (QED) is 0.158. The molecule has 1 aromatic heterocycles. The van der Waals surface area contributed by atoms with Gasteiger partial charge in [0, 0.05) is 52.4 Å². The normalized spacial score (nSPS) is 21.8. The molecule has 290 valence electrons. The van der Waals surface area contributed by atoms with E-state index in [1.807, 2.05) is 0 Å². The van der Waals surface area contributed by atoms with E-state index in [4.69, 9.17) is 23.7 Å². The predicted octanol–water partition coefficient (Wildman–Crippen LogP) is 1.48. The Labute approximate surface area is 294 Å². The van der Waals surface area contributed by atoms with Crippen LogP contribution < -0.4 is 5.32 Å². The molecule has 2 aliphatic rings. The number of amides is 2. The summed E-state index contributed by atoms with van der Waals surface area (Å²) in [4.78, 5) is 76.5. The zero-order valence-corrected chi connectivity index (χ0v) is 28.1. The first-order valence-electron chi connectivity index (χ1n) is 15.4. The van der Waals surface area contributed by atoms with Gasteiger partial charge in [-0.3, -0.25) is 19.2 Å². The molecule has 1 saturated heterocycles. The SMILES string of the molecule is COC(=O)[C@H]1O[C@@H](OC(=O)N[C@@H](CC(=O)N2CCn3c(nnc3C(F)(F)F)C2)Cc2cc(F)c(F)cc2F)[C@H](OC(C)=O)[C@@H](OC(C)=O)[C@@H]1OC(C)=O. The number of nitrogens with one attached hydrogen (secondary N) is 1. The van der Waals surface area contributed by atoms with Gasteiger partial charge in [-0.25, -0.2) is 22.8 Å². The second-order valence-electron chi connectivity index (χ2n) is 11.6. The summed E-state index contributed by atoms with van der Waals surface area (Å²) in [6.45, 7) is 1.66. The first-order chi connectivity index (χ1) is 24.8. The van der Waals surface area contributed by atoms with Crippen LogP contribution in [-0.4, -0.2) is 106 Å². The third-order valence-electron chi connectivity index (χ3n) is 7.72. The number of esters is 4. The Hall–Kier alpha value is -5.48. The van der Waals surface area contributed by atoms with E-state index < -0.39 is 127 Å². The number of methoxy groups -OCH3 is 1. The molecule has 4 rings (SSSR count). The largest absolute Gasteiger partial charge is 0.467 e. The summed E-state index contributed by atoms with van der Waals surface area (Å²) in [6.07, 6.45) is -17.4. The molecule has 6 atom stereocenters. The van der Waals surface area contributed by atoms with Crippen LogP contribution in [0.1, 0.15) is 44.4 Å². The lowest BCUT2D eigenvalue weighted by Gasteiger charge is -2.42. The highest BCUT2D eigenvalue weighted by molar-refractivity contribution is 5.79. The van der Waals surface area contributed by atoms with Gasteiger partial charge in [0.25, 0.3) is 0 Å². The van der Waals surface area contributed by atoms with E-state index in [-0.39, 0.29) is 25.0 Å². The summed E-state index contributed by atoms with van der Waals surface area (Å²) < 4.78 is 114. The number of ether oxygens (including phenoxy) is 6. The summed E-state index contributed by atoms with van der Waals surface area (Å²) in [5.74, 6) is -10.9. The maximum absolute atomic E-state index is 14.7. The van der Waals surface area contributed by atoms with Gasteiger partial charge in [0.05, 0.1) is 13.7 Å². The van der Waals surface area contributed by atoms with Crippen molar-refractivity contribution in [2.75, 3.05) is 13.7 Å². The molecule has 23 heteroatoms. The molecule has 1 aromatic carbocycles. The molecule has 2 aliphatic heterocycles. The molecule has 0 saturated carbocycles. The third kappa shape index (κ3) is 9.90. The Morgan fingerprint density at radius 2 is 1.47 bits per heavy atom. The molecule has 0 spiro atoms. The van der Waals surface area contributed by atoms with Crippen molar-refractivity contribution in [3.63, 3.8) is 0 Å². The van der Waals surface area contributed by atoms with Crippen LogP contribution in [0.5, 0.6) is 0 Å². The Morgan fingerprint density at radius 3 is 2.08 bits per heavy atom. The number of halogens is 6. The fraction of sp³-hybridized carbons (Fsp3) is 0.533. The number of carbonyl (C=O) groups is 6. The van der Waals surface area contributed by atoms with Gasteiger partial charge in [-0.2, -0.15) is 13.2 Å². The van der Waals surface area contributed by atoms with Crippen molar-refractivity contribution in [2.45, 2.75) is 89.6 Å². The van der Waals surface area contributed by atoms with Gasteiger partial charge >= 0.3 is 36.1 Å². The second-order valence-corrected chi connectivity index (χ2v) is 11.6. The lowest BCUT2D eigenvalue weighted by atomic mass is 9.97. The summed E-state index contributed by atoms with van der Waals surface area (Å²) >= 11 is 0. The fourth-order valence-electron chi connectivity index (χ4n) is 5.56. The smallest absolute Gasteiger partial charge is 0.451 e. The summed E-state index contributed by atoms with van der Waals surface area (Å²) in [7, 11) is 0.915. The van der Waals surface area contributed by atoms with Crippen LogP contribution in [0, 0.1) is 17.5 Å². The Balaban J connectivity index is 1.61. The monoisotopic (exact) mass is 767 g/mol. The third-order valence-corrected chi connectivity index (χ3v) is 7.72. The Bertz CT molecular complexity index is 1760. The molecule has 0 radical (unpaired) electrons. The molecule has 1 N–H and O–H groups in total. The predicted molar refractivity (Wildman–Crippen MR) is 156 cm³/mol. The second kappa shape index (κ2) is 16.5. The number of benzene rings is 1. The number of alkyl halides is 3. The van der Waals surface area contributed by atoms with Gasteiger partial charge < -0.3 is 43.2 Å².